The lowest BCUT2D eigenvalue weighted by Crippen LogP contribution is -2.16. The number of hydrogen-bond acceptors (Lipinski definition) is 3. The van der Waals surface area contributed by atoms with Crippen LogP contribution in [0.2, 0.25) is 0 Å². The van der Waals surface area contributed by atoms with Gasteiger partial charge in [-0.25, -0.2) is 0 Å². The molecule has 0 unspecified atom stereocenters. The summed E-state index contributed by atoms with van der Waals surface area (Å²) in [5.41, 5.74) is 3.00. The van der Waals surface area contributed by atoms with Gasteiger partial charge in [0.25, 0.3) is 0 Å². The van der Waals surface area contributed by atoms with Gasteiger partial charge < -0.3 is 10.4 Å². The minimum atomic E-state index is 0.296. The van der Waals surface area contributed by atoms with Crippen molar-refractivity contribution in [3.8, 4) is 11.8 Å². The first-order valence-electron chi connectivity index (χ1n) is 6.25. The van der Waals surface area contributed by atoms with Crippen LogP contribution in [0.1, 0.15) is 16.7 Å². The van der Waals surface area contributed by atoms with Gasteiger partial charge in [-0.05, 0) is 48.4 Å². The molecule has 0 spiro atoms. The summed E-state index contributed by atoms with van der Waals surface area (Å²) in [6, 6.07) is 17.0. The topological polar surface area (TPSA) is 56.0 Å². The van der Waals surface area contributed by atoms with Crippen molar-refractivity contribution < 1.29 is 5.11 Å². The molecule has 0 fully saturated rings. The molecule has 0 saturated heterocycles. The van der Waals surface area contributed by atoms with Gasteiger partial charge in [-0.3, -0.25) is 0 Å². The maximum absolute atomic E-state index is 9.18. The van der Waals surface area contributed by atoms with Crippen LogP contribution < -0.4 is 5.32 Å². The van der Waals surface area contributed by atoms with Crippen LogP contribution in [0.4, 0.5) is 0 Å². The Labute approximate surface area is 113 Å². The third-order valence-electron chi connectivity index (χ3n) is 2.91. The van der Waals surface area contributed by atoms with Crippen LogP contribution in [0, 0.1) is 11.3 Å². The monoisotopic (exact) mass is 252 g/mol. The fourth-order valence-corrected chi connectivity index (χ4v) is 1.88. The van der Waals surface area contributed by atoms with E-state index in [0.717, 1.165) is 25.1 Å². The molecule has 0 radical (unpaired) electrons. The van der Waals surface area contributed by atoms with Gasteiger partial charge in [0, 0.05) is 6.54 Å². The van der Waals surface area contributed by atoms with E-state index in [1.807, 2.05) is 30.3 Å². The molecule has 0 atom stereocenters. The molecule has 2 aromatic carbocycles. The third-order valence-corrected chi connectivity index (χ3v) is 2.91. The Hall–Kier alpha value is -2.31. The van der Waals surface area contributed by atoms with E-state index in [-0.39, 0.29) is 0 Å². The molecule has 96 valence electrons. The Balaban J connectivity index is 1.77. The van der Waals surface area contributed by atoms with E-state index >= 15 is 0 Å². The van der Waals surface area contributed by atoms with Crippen LogP contribution in [0.25, 0.3) is 0 Å². The molecule has 0 aromatic heterocycles. The first kappa shape index (κ1) is 13.1. The summed E-state index contributed by atoms with van der Waals surface area (Å²) in [6.07, 6.45) is 0.915. The zero-order chi connectivity index (χ0) is 13.5. The molecular formula is C16H16N2O. The maximum Gasteiger partial charge on any atom is 0.115 e. The predicted molar refractivity (Wildman–Crippen MR) is 74.7 cm³/mol. The largest absolute Gasteiger partial charge is 0.508 e. The van der Waals surface area contributed by atoms with Gasteiger partial charge in [0.1, 0.15) is 5.75 Å². The summed E-state index contributed by atoms with van der Waals surface area (Å²) in [4.78, 5) is 0. The highest BCUT2D eigenvalue weighted by Gasteiger charge is 1.96. The smallest absolute Gasteiger partial charge is 0.115 e. The fraction of sp³-hybridized carbons (Fsp3) is 0.188. The summed E-state index contributed by atoms with van der Waals surface area (Å²) < 4.78 is 0. The Morgan fingerprint density at radius 2 is 1.84 bits per heavy atom. The molecule has 2 N–H and O–H groups in total. The number of nitriles is 1. The van der Waals surface area contributed by atoms with Crippen molar-refractivity contribution in [3.63, 3.8) is 0 Å². The average molecular weight is 252 g/mol. The van der Waals surface area contributed by atoms with Crippen molar-refractivity contribution in [3.05, 3.63) is 65.2 Å². The zero-order valence-corrected chi connectivity index (χ0v) is 10.6. The molecule has 0 amide bonds. The second-order valence-electron chi connectivity index (χ2n) is 4.41. The second-order valence-corrected chi connectivity index (χ2v) is 4.41. The zero-order valence-electron chi connectivity index (χ0n) is 10.6. The van der Waals surface area contributed by atoms with E-state index in [0.29, 0.717) is 11.3 Å². The number of aromatic hydroxyl groups is 1. The average Bonchev–Trinajstić information content (AvgIpc) is 2.46. The first-order valence-corrected chi connectivity index (χ1v) is 6.25. The summed E-state index contributed by atoms with van der Waals surface area (Å²) in [7, 11) is 0. The number of phenolic OH excluding ortho intramolecular Hbond substituents is 1. The van der Waals surface area contributed by atoms with Gasteiger partial charge >= 0.3 is 0 Å². The van der Waals surface area contributed by atoms with Gasteiger partial charge in [0.15, 0.2) is 0 Å². The number of benzene rings is 2. The molecule has 0 aliphatic heterocycles. The highest BCUT2D eigenvalue weighted by molar-refractivity contribution is 5.32. The van der Waals surface area contributed by atoms with E-state index in [1.54, 1.807) is 18.2 Å². The lowest BCUT2D eigenvalue weighted by Gasteiger charge is -2.05. The van der Waals surface area contributed by atoms with Gasteiger partial charge in [-0.15, -0.1) is 0 Å². The first-order chi connectivity index (χ1) is 9.28. The van der Waals surface area contributed by atoms with Crippen LogP contribution in [0.5, 0.6) is 5.75 Å². The van der Waals surface area contributed by atoms with E-state index in [4.69, 9.17) is 5.26 Å². The minimum Gasteiger partial charge on any atom is -0.508 e. The minimum absolute atomic E-state index is 0.296. The Bertz CT molecular complexity index is 570. The summed E-state index contributed by atoms with van der Waals surface area (Å²) in [6.45, 7) is 1.62. The van der Waals surface area contributed by atoms with E-state index in [1.165, 1.54) is 5.56 Å². The Morgan fingerprint density at radius 3 is 2.58 bits per heavy atom. The lowest BCUT2D eigenvalue weighted by atomic mass is 10.1. The third kappa shape index (κ3) is 4.13. The van der Waals surface area contributed by atoms with Gasteiger partial charge in [0.2, 0.25) is 0 Å². The summed E-state index contributed by atoms with van der Waals surface area (Å²) in [5, 5.41) is 21.3. The number of nitrogens with zero attached hydrogens (tertiary/aromatic N) is 1. The van der Waals surface area contributed by atoms with Crippen molar-refractivity contribution in [1.29, 1.82) is 5.26 Å². The van der Waals surface area contributed by atoms with E-state index in [2.05, 4.69) is 11.4 Å². The molecule has 0 heterocycles. The van der Waals surface area contributed by atoms with Crippen molar-refractivity contribution in [2.24, 2.45) is 0 Å². The summed E-state index contributed by atoms with van der Waals surface area (Å²) >= 11 is 0. The van der Waals surface area contributed by atoms with Crippen molar-refractivity contribution >= 4 is 0 Å². The van der Waals surface area contributed by atoms with E-state index < -0.39 is 0 Å². The van der Waals surface area contributed by atoms with E-state index in [9.17, 15) is 5.11 Å². The van der Waals surface area contributed by atoms with Crippen molar-refractivity contribution in [2.75, 3.05) is 6.54 Å². The van der Waals surface area contributed by atoms with Crippen LogP contribution in [0.15, 0.2) is 48.5 Å². The molecule has 2 rings (SSSR count). The molecule has 0 aliphatic rings. The molecule has 19 heavy (non-hydrogen) atoms. The van der Waals surface area contributed by atoms with Gasteiger partial charge in [-0.1, -0.05) is 24.3 Å². The quantitative estimate of drug-likeness (QED) is 0.804. The molecule has 0 bridgehead atoms. The fourth-order valence-electron chi connectivity index (χ4n) is 1.88. The summed E-state index contributed by atoms with van der Waals surface area (Å²) in [5.74, 6) is 0.296. The molecule has 0 saturated carbocycles. The predicted octanol–water partition coefficient (Wildman–Crippen LogP) is 2.60. The second kappa shape index (κ2) is 6.58. The van der Waals surface area contributed by atoms with Crippen LogP contribution in [-0.4, -0.2) is 11.7 Å². The maximum atomic E-state index is 9.18. The van der Waals surface area contributed by atoms with Crippen LogP contribution >= 0.6 is 0 Å². The Morgan fingerprint density at radius 1 is 1.05 bits per heavy atom. The number of nitrogens with one attached hydrogen (secondary N) is 1. The van der Waals surface area contributed by atoms with Gasteiger partial charge in [0.05, 0.1) is 11.6 Å². The number of phenols is 1. The van der Waals surface area contributed by atoms with Crippen LogP contribution in [0.3, 0.4) is 0 Å². The highest BCUT2D eigenvalue weighted by Crippen LogP contribution is 2.09. The standard InChI is InChI=1S/C16H16N2O/c17-11-14-2-1-3-15(10-14)12-18-9-8-13-4-6-16(19)7-5-13/h1-7,10,18-19H,8-9,12H2. The molecule has 3 heteroatoms. The lowest BCUT2D eigenvalue weighted by molar-refractivity contribution is 0.475. The van der Waals surface area contributed by atoms with Crippen LogP contribution in [-0.2, 0) is 13.0 Å². The molecule has 0 aliphatic carbocycles. The number of hydrogen-bond donors (Lipinski definition) is 2. The van der Waals surface area contributed by atoms with Crippen molar-refractivity contribution in [1.82, 2.24) is 5.32 Å². The molecule has 2 aromatic rings. The van der Waals surface area contributed by atoms with Gasteiger partial charge in [-0.2, -0.15) is 5.26 Å². The number of rotatable bonds is 5. The Kier molecular flexibility index (Phi) is 4.54. The molecule has 3 nitrogen and oxygen atoms in total. The molecular weight excluding hydrogens is 236 g/mol. The highest BCUT2D eigenvalue weighted by atomic mass is 16.3. The SMILES string of the molecule is N#Cc1cccc(CNCCc2ccc(O)cc2)c1. The normalized spacial score (nSPS) is 10.1. The van der Waals surface area contributed by atoms with Crippen molar-refractivity contribution in [2.45, 2.75) is 13.0 Å².